The van der Waals surface area contributed by atoms with E-state index in [-0.39, 0.29) is 42.7 Å². The third-order valence-electron chi connectivity index (χ3n) is 13.6. The average Bonchev–Trinajstić information content (AvgIpc) is 3.67. The van der Waals surface area contributed by atoms with Gasteiger partial charge in [-0.1, -0.05) is 154 Å². The van der Waals surface area contributed by atoms with Gasteiger partial charge in [-0.15, -0.1) is 47.5 Å². The first-order valence-corrected chi connectivity index (χ1v) is 22.0. The molecule has 0 saturated carbocycles. The molecule has 0 radical (unpaired) electrons. The van der Waals surface area contributed by atoms with Crippen molar-refractivity contribution in [1.82, 2.24) is 9.55 Å². The van der Waals surface area contributed by atoms with Crippen LogP contribution in [0.4, 0.5) is 0 Å². The summed E-state index contributed by atoms with van der Waals surface area (Å²) >= 11 is 0. The summed E-state index contributed by atoms with van der Waals surface area (Å²) in [7, 11) is 0. The molecular formula is C57H61N3OPt. The monoisotopic (exact) mass is 998 g/mol. The average molecular weight is 999 g/mol. The Morgan fingerprint density at radius 2 is 1.16 bits per heavy atom. The van der Waals surface area contributed by atoms with Gasteiger partial charge in [0, 0.05) is 17.3 Å². The van der Waals surface area contributed by atoms with E-state index >= 15 is 0 Å². The number of nitrogens with zero attached hydrogens (tertiary/aromatic N) is 3. The standard InChI is InChI=1S/C57H61N3O.Pt/c1-34-16-23-49-45(26-34)42-20-17-35(48-33-39(24-25-58-48)54(8,9)10)29-50(42)60(49)41-28-36(27-40(30-41)55(11,12)13)51-59-56(14)46-21-18-37(52(2,3)4)31-43(46)44-32-38(53(5,6)7)19-22-47(44)57(56,15)61-51;/h16-27,30-33H,1-15H3;/q-2;+2/t56-,57+;/m1./s1. The van der Waals surface area contributed by atoms with Crippen molar-refractivity contribution in [2.24, 2.45) is 4.99 Å². The maximum absolute atomic E-state index is 7.39. The minimum absolute atomic E-state index is 0. The molecule has 0 saturated heterocycles. The smallest absolute Gasteiger partial charge is 0.507 e. The zero-order valence-electron chi connectivity index (χ0n) is 39.3. The minimum atomic E-state index is -0.766. The van der Waals surface area contributed by atoms with Crippen LogP contribution in [0.1, 0.15) is 141 Å². The molecule has 0 N–H and O–H groups in total. The molecule has 0 unspecified atom stereocenters. The Labute approximate surface area is 384 Å². The largest absolute Gasteiger partial charge is 2.00 e. The maximum Gasteiger partial charge on any atom is 2.00 e. The summed E-state index contributed by atoms with van der Waals surface area (Å²) in [6, 6.07) is 41.8. The second-order valence-corrected chi connectivity index (χ2v) is 22.2. The van der Waals surface area contributed by atoms with Crippen molar-refractivity contribution < 1.29 is 25.8 Å². The van der Waals surface area contributed by atoms with Gasteiger partial charge in [0.1, 0.15) is 17.0 Å². The van der Waals surface area contributed by atoms with Crippen LogP contribution in [0.3, 0.4) is 0 Å². The number of hydrogen-bond acceptors (Lipinski definition) is 3. The molecule has 5 aromatic carbocycles. The second-order valence-electron chi connectivity index (χ2n) is 22.2. The van der Waals surface area contributed by atoms with Crippen LogP contribution in [0.5, 0.6) is 0 Å². The Morgan fingerprint density at radius 1 is 0.565 bits per heavy atom. The molecule has 4 nitrogen and oxygen atoms in total. The summed E-state index contributed by atoms with van der Waals surface area (Å²) in [4.78, 5) is 10.5. The normalized spacial score (nSPS) is 18.8. The fraction of sp³-hybridized carbons (Fsp3) is 0.368. The summed E-state index contributed by atoms with van der Waals surface area (Å²) < 4.78 is 9.72. The van der Waals surface area contributed by atoms with Gasteiger partial charge in [-0.3, -0.25) is 4.99 Å². The van der Waals surface area contributed by atoms with E-state index in [9.17, 15) is 0 Å². The molecule has 0 fully saturated rings. The molecule has 5 heteroatoms. The first-order chi connectivity index (χ1) is 28.4. The van der Waals surface area contributed by atoms with Gasteiger partial charge in [-0.25, -0.2) is 0 Å². The molecule has 1 aliphatic carbocycles. The molecular weight excluding hydrogens is 938 g/mol. The number of aliphatic imine (C=N–C) groups is 1. The van der Waals surface area contributed by atoms with Crippen molar-refractivity contribution in [2.75, 3.05) is 0 Å². The van der Waals surface area contributed by atoms with Crippen molar-refractivity contribution in [3.63, 3.8) is 0 Å². The van der Waals surface area contributed by atoms with E-state index in [1.807, 2.05) is 6.20 Å². The Bertz CT molecular complexity index is 2980. The van der Waals surface area contributed by atoms with Crippen LogP contribution in [-0.4, -0.2) is 15.4 Å². The predicted octanol–water partition coefficient (Wildman–Crippen LogP) is 14.5. The third kappa shape index (κ3) is 7.00. The Kier molecular flexibility index (Phi) is 10.2. The Hall–Kier alpha value is -4.79. The number of rotatable bonds is 3. The van der Waals surface area contributed by atoms with Crippen LogP contribution in [0.2, 0.25) is 0 Å². The Balaban J connectivity index is 0.00000529. The molecule has 3 heterocycles. The predicted molar refractivity (Wildman–Crippen MR) is 255 cm³/mol. The van der Waals surface area contributed by atoms with Crippen molar-refractivity contribution >= 4 is 27.7 Å². The number of fused-ring (bicyclic) bond motifs is 9. The van der Waals surface area contributed by atoms with Gasteiger partial charge in [0.25, 0.3) is 0 Å². The number of hydrogen-bond donors (Lipinski definition) is 0. The first kappa shape index (κ1) is 43.8. The van der Waals surface area contributed by atoms with Crippen LogP contribution in [0.15, 0.2) is 102 Å². The minimum Gasteiger partial charge on any atom is -0.507 e. The van der Waals surface area contributed by atoms with E-state index < -0.39 is 11.1 Å². The van der Waals surface area contributed by atoms with E-state index in [4.69, 9.17) is 14.7 Å². The summed E-state index contributed by atoms with van der Waals surface area (Å²) in [6.07, 6.45) is 1.92. The molecule has 0 amide bonds. The summed E-state index contributed by atoms with van der Waals surface area (Å²) in [5.74, 6) is 0.612. The van der Waals surface area contributed by atoms with Crippen LogP contribution in [0, 0.1) is 19.1 Å². The van der Waals surface area contributed by atoms with Crippen molar-refractivity contribution in [3.8, 4) is 28.1 Å². The van der Waals surface area contributed by atoms with Gasteiger partial charge >= 0.3 is 21.1 Å². The van der Waals surface area contributed by atoms with E-state index in [0.717, 1.165) is 44.5 Å². The van der Waals surface area contributed by atoms with Crippen molar-refractivity contribution in [2.45, 2.75) is 137 Å². The zero-order chi connectivity index (χ0) is 43.8. The van der Waals surface area contributed by atoms with Crippen molar-refractivity contribution in [1.29, 1.82) is 0 Å². The maximum atomic E-state index is 7.39. The topological polar surface area (TPSA) is 39.4 Å². The number of aromatic nitrogens is 2. The van der Waals surface area contributed by atoms with Gasteiger partial charge in [0.15, 0.2) is 0 Å². The van der Waals surface area contributed by atoms with Crippen LogP contribution in [-0.2, 0) is 58.6 Å². The van der Waals surface area contributed by atoms with Crippen LogP contribution >= 0.6 is 0 Å². The molecule has 2 atom stereocenters. The number of benzene rings is 5. The van der Waals surface area contributed by atoms with Crippen LogP contribution < -0.4 is 0 Å². The van der Waals surface area contributed by atoms with E-state index in [1.165, 1.54) is 49.9 Å². The summed E-state index contributed by atoms with van der Waals surface area (Å²) in [6.45, 7) is 33.9. The molecule has 7 aromatic rings. The molecule has 0 spiro atoms. The molecule has 320 valence electrons. The molecule has 2 aromatic heterocycles. The second kappa shape index (κ2) is 14.4. The Morgan fingerprint density at radius 3 is 1.79 bits per heavy atom. The fourth-order valence-electron chi connectivity index (χ4n) is 9.41. The molecule has 0 bridgehead atoms. The SMILES string of the molecule is Cc1ccc2c(c1)c1ccc(-c3cc(C(C)(C)C)ccn3)[c-]c1n2-c1[c-]c(C2=N[C@]3(C)c4ccc(C(C)(C)C)cc4-c4cc(C(C)(C)C)ccc4[C@]3(C)O2)cc(C(C)(C)C)c1.[Pt+2]. The van der Waals surface area contributed by atoms with E-state index in [1.54, 1.807) is 0 Å². The van der Waals surface area contributed by atoms with Gasteiger partial charge in [0.05, 0.1) is 0 Å². The van der Waals surface area contributed by atoms with Gasteiger partial charge in [0.2, 0.25) is 0 Å². The third-order valence-corrected chi connectivity index (χ3v) is 13.6. The molecule has 62 heavy (non-hydrogen) atoms. The van der Waals surface area contributed by atoms with Gasteiger partial charge in [-0.05, 0) is 110 Å². The number of pyridine rings is 1. The molecule has 1 aliphatic heterocycles. The first-order valence-electron chi connectivity index (χ1n) is 22.0. The van der Waals surface area contributed by atoms with Crippen molar-refractivity contribution in [3.05, 3.63) is 154 Å². The molecule has 9 rings (SSSR count). The molecule has 2 aliphatic rings. The van der Waals surface area contributed by atoms with E-state index in [0.29, 0.717) is 5.90 Å². The number of ether oxygens (including phenoxy) is 1. The number of aryl methyl sites for hydroxylation is 1. The quantitative estimate of drug-likeness (QED) is 0.166. The van der Waals surface area contributed by atoms with Crippen LogP contribution in [0.25, 0.3) is 49.9 Å². The van der Waals surface area contributed by atoms with E-state index in [2.05, 4.69) is 212 Å². The summed E-state index contributed by atoms with van der Waals surface area (Å²) in [5, 5.41) is 2.33. The fourth-order valence-corrected chi connectivity index (χ4v) is 9.41. The summed E-state index contributed by atoms with van der Waals surface area (Å²) in [5.41, 5.74) is 15.2. The van der Waals surface area contributed by atoms with Gasteiger partial charge < -0.3 is 14.3 Å². The zero-order valence-corrected chi connectivity index (χ0v) is 41.6. The van der Waals surface area contributed by atoms with Gasteiger partial charge in [-0.2, -0.15) is 0 Å².